The van der Waals surface area contributed by atoms with E-state index in [0.717, 1.165) is 4.90 Å². The van der Waals surface area contributed by atoms with Crippen LogP contribution in [0.3, 0.4) is 0 Å². The van der Waals surface area contributed by atoms with Crippen LogP contribution in [0.15, 0.2) is 36.4 Å². The fourth-order valence-electron chi connectivity index (χ4n) is 3.75. The number of nitrogens with zero attached hydrogens (tertiary/aromatic N) is 1. The number of benzene rings is 1. The molecule has 0 saturated carbocycles. The van der Waals surface area contributed by atoms with Crippen molar-refractivity contribution < 1.29 is 28.2 Å². The summed E-state index contributed by atoms with van der Waals surface area (Å²) in [5.74, 6) is -3.72. The molecule has 3 aliphatic rings. The third-order valence-corrected chi connectivity index (χ3v) is 4.75. The maximum atomic E-state index is 14.1. The minimum absolute atomic E-state index is 0.0658. The van der Waals surface area contributed by atoms with E-state index >= 15 is 0 Å². The van der Waals surface area contributed by atoms with Crippen molar-refractivity contribution in [3.8, 4) is 0 Å². The molecule has 6 nitrogen and oxygen atoms in total. The summed E-state index contributed by atoms with van der Waals surface area (Å²) >= 11 is 0. The minimum Gasteiger partial charge on any atom is -0.462 e. The van der Waals surface area contributed by atoms with Crippen molar-refractivity contribution in [1.29, 1.82) is 0 Å². The van der Waals surface area contributed by atoms with Gasteiger partial charge in [-0.3, -0.25) is 14.4 Å². The third kappa shape index (κ3) is 1.88. The van der Waals surface area contributed by atoms with Gasteiger partial charge in [0.15, 0.2) is 0 Å². The number of ether oxygens (including phenoxy) is 2. The van der Waals surface area contributed by atoms with Crippen LogP contribution in [0.2, 0.25) is 0 Å². The van der Waals surface area contributed by atoms with Crippen LogP contribution in [-0.2, 0) is 23.9 Å². The molecule has 4 atom stereocenters. The molecule has 2 saturated heterocycles. The molecular formula is C17H14FNO5. The number of esters is 1. The third-order valence-electron chi connectivity index (χ3n) is 4.75. The number of fused-ring (bicyclic) bond motifs is 5. The Hall–Kier alpha value is -2.54. The summed E-state index contributed by atoms with van der Waals surface area (Å²) in [4.78, 5) is 37.6. The summed E-state index contributed by atoms with van der Waals surface area (Å²) in [6.07, 6.45) is 2.79. The number of imide groups is 1. The van der Waals surface area contributed by atoms with Gasteiger partial charge in [0.2, 0.25) is 11.8 Å². The van der Waals surface area contributed by atoms with Crippen LogP contribution in [-0.4, -0.2) is 36.1 Å². The van der Waals surface area contributed by atoms with Gasteiger partial charge in [-0.1, -0.05) is 18.2 Å². The number of rotatable bonds is 3. The molecule has 0 aromatic heterocycles. The Morgan fingerprint density at radius 1 is 1.33 bits per heavy atom. The molecule has 0 spiro atoms. The molecular weight excluding hydrogens is 317 g/mol. The maximum absolute atomic E-state index is 14.1. The van der Waals surface area contributed by atoms with Gasteiger partial charge >= 0.3 is 5.97 Å². The van der Waals surface area contributed by atoms with Gasteiger partial charge in [0.05, 0.1) is 23.6 Å². The second-order valence-electron chi connectivity index (χ2n) is 6.14. The van der Waals surface area contributed by atoms with E-state index in [4.69, 9.17) is 9.47 Å². The molecule has 2 amide bonds. The van der Waals surface area contributed by atoms with Crippen LogP contribution in [0, 0.1) is 17.7 Å². The standard InChI is InChI=1S/C17H14FNO5/c1-9(20)23-8-17-7-6-12(24-17)13-14(17)16(22)19(15(13)21)11-5-3-2-4-10(11)18/h2-7,12-14H,8H2,1H3/t12-,13-,14-,17-/m1/s1. The highest BCUT2D eigenvalue weighted by Crippen LogP contribution is 2.52. The smallest absolute Gasteiger partial charge is 0.302 e. The largest absolute Gasteiger partial charge is 0.462 e. The highest BCUT2D eigenvalue weighted by Gasteiger charge is 2.68. The van der Waals surface area contributed by atoms with Gasteiger partial charge in [-0.15, -0.1) is 0 Å². The molecule has 2 bridgehead atoms. The van der Waals surface area contributed by atoms with Crippen molar-refractivity contribution in [3.05, 3.63) is 42.2 Å². The zero-order valence-corrected chi connectivity index (χ0v) is 12.8. The zero-order valence-electron chi connectivity index (χ0n) is 12.8. The molecule has 3 heterocycles. The first-order valence-electron chi connectivity index (χ1n) is 7.57. The van der Waals surface area contributed by atoms with E-state index in [1.165, 1.54) is 25.1 Å². The predicted octanol–water partition coefficient (Wildman–Crippen LogP) is 1.20. The van der Waals surface area contributed by atoms with Gasteiger partial charge in [0.25, 0.3) is 0 Å². The fourth-order valence-corrected chi connectivity index (χ4v) is 3.75. The van der Waals surface area contributed by atoms with Gasteiger partial charge < -0.3 is 9.47 Å². The Kier molecular flexibility index (Phi) is 3.11. The lowest BCUT2D eigenvalue weighted by atomic mass is 9.77. The molecule has 7 heteroatoms. The summed E-state index contributed by atoms with van der Waals surface area (Å²) in [7, 11) is 0. The average Bonchev–Trinajstić information content (AvgIpc) is 3.18. The van der Waals surface area contributed by atoms with E-state index in [1.54, 1.807) is 18.2 Å². The quantitative estimate of drug-likeness (QED) is 0.473. The van der Waals surface area contributed by atoms with Crippen LogP contribution in [0.5, 0.6) is 0 Å². The Morgan fingerprint density at radius 3 is 2.79 bits per heavy atom. The summed E-state index contributed by atoms with van der Waals surface area (Å²) < 4.78 is 24.9. The van der Waals surface area contributed by atoms with Crippen molar-refractivity contribution >= 4 is 23.5 Å². The zero-order chi connectivity index (χ0) is 17.1. The number of anilines is 1. The normalized spacial score (nSPS) is 33.2. The minimum atomic E-state index is -1.16. The number of amides is 2. The van der Waals surface area contributed by atoms with Crippen molar-refractivity contribution in [2.45, 2.75) is 18.6 Å². The first kappa shape index (κ1) is 15.0. The molecule has 0 radical (unpaired) electrons. The fraction of sp³-hybridized carbons (Fsp3) is 0.353. The van der Waals surface area contributed by atoms with E-state index in [9.17, 15) is 18.8 Å². The predicted molar refractivity (Wildman–Crippen MR) is 79.3 cm³/mol. The molecule has 0 unspecified atom stereocenters. The highest BCUT2D eigenvalue weighted by molar-refractivity contribution is 6.23. The van der Waals surface area contributed by atoms with Crippen LogP contribution >= 0.6 is 0 Å². The number of carbonyl (C=O) groups excluding carboxylic acids is 3. The molecule has 24 heavy (non-hydrogen) atoms. The Balaban J connectivity index is 1.72. The Labute approximate surface area is 136 Å². The molecule has 124 valence electrons. The van der Waals surface area contributed by atoms with E-state index in [0.29, 0.717) is 0 Å². The first-order chi connectivity index (χ1) is 11.4. The summed E-state index contributed by atoms with van der Waals surface area (Å²) in [6, 6.07) is 5.63. The number of hydrogen-bond acceptors (Lipinski definition) is 5. The Morgan fingerprint density at radius 2 is 2.08 bits per heavy atom. The van der Waals surface area contributed by atoms with Gasteiger partial charge in [-0.2, -0.15) is 0 Å². The van der Waals surface area contributed by atoms with Crippen molar-refractivity contribution in [2.24, 2.45) is 11.8 Å². The molecule has 0 aliphatic carbocycles. The lowest BCUT2D eigenvalue weighted by molar-refractivity contribution is -0.150. The maximum Gasteiger partial charge on any atom is 0.302 e. The van der Waals surface area contributed by atoms with Crippen LogP contribution in [0.25, 0.3) is 0 Å². The number of hydrogen-bond donors (Lipinski definition) is 0. The van der Waals surface area contributed by atoms with E-state index in [1.807, 2.05) is 0 Å². The lowest BCUT2D eigenvalue weighted by Crippen LogP contribution is -2.44. The topological polar surface area (TPSA) is 72.9 Å². The van der Waals surface area contributed by atoms with E-state index < -0.39 is 47.1 Å². The van der Waals surface area contributed by atoms with Crippen LogP contribution in [0.1, 0.15) is 6.92 Å². The van der Waals surface area contributed by atoms with Crippen molar-refractivity contribution in [1.82, 2.24) is 0 Å². The van der Waals surface area contributed by atoms with Gasteiger partial charge in [-0.25, -0.2) is 9.29 Å². The van der Waals surface area contributed by atoms with Crippen molar-refractivity contribution in [3.63, 3.8) is 0 Å². The second kappa shape index (κ2) is 4.98. The average molecular weight is 331 g/mol. The van der Waals surface area contributed by atoms with Gasteiger partial charge in [0, 0.05) is 6.92 Å². The summed E-state index contributed by atoms with van der Waals surface area (Å²) in [5.41, 5.74) is -1.22. The highest BCUT2D eigenvalue weighted by atomic mass is 19.1. The van der Waals surface area contributed by atoms with Gasteiger partial charge in [0.1, 0.15) is 18.0 Å². The van der Waals surface area contributed by atoms with Crippen LogP contribution < -0.4 is 4.90 Å². The SMILES string of the molecule is CC(=O)OC[C@@]12C=C[C@@H](O1)[C@H]1C(=O)N(c3ccccc3F)C(=O)[C@@H]12. The Bertz CT molecular complexity index is 791. The second-order valence-corrected chi connectivity index (χ2v) is 6.14. The number of para-hydroxylation sites is 1. The number of carbonyl (C=O) groups is 3. The number of halogens is 1. The molecule has 1 aromatic carbocycles. The molecule has 4 rings (SSSR count). The lowest BCUT2D eigenvalue weighted by Gasteiger charge is -2.28. The first-order valence-corrected chi connectivity index (χ1v) is 7.57. The molecule has 3 aliphatic heterocycles. The van der Waals surface area contributed by atoms with Crippen LogP contribution in [0.4, 0.5) is 10.1 Å². The van der Waals surface area contributed by atoms with Gasteiger partial charge in [-0.05, 0) is 18.2 Å². The van der Waals surface area contributed by atoms with E-state index in [2.05, 4.69) is 0 Å². The monoisotopic (exact) mass is 331 g/mol. The molecule has 2 fully saturated rings. The molecule has 1 aromatic rings. The molecule has 0 N–H and O–H groups in total. The summed E-state index contributed by atoms with van der Waals surface area (Å²) in [5, 5.41) is 0. The van der Waals surface area contributed by atoms with Crippen molar-refractivity contribution in [2.75, 3.05) is 11.5 Å². The van der Waals surface area contributed by atoms with E-state index in [-0.39, 0.29) is 12.3 Å². The summed E-state index contributed by atoms with van der Waals surface area (Å²) in [6.45, 7) is 1.10.